The minimum atomic E-state index is -0.135. The van der Waals surface area contributed by atoms with Crippen LogP contribution in [0.15, 0.2) is 18.3 Å². The van der Waals surface area contributed by atoms with Gasteiger partial charge in [0.05, 0.1) is 13.0 Å². The van der Waals surface area contributed by atoms with Crippen LogP contribution in [-0.4, -0.2) is 31.2 Å². The van der Waals surface area contributed by atoms with Crippen LogP contribution in [0, 0.1) is 5.92 Å². The monoisotopic (exact) mass is 221 g/mol. The van der Waals surface area contributed by atoms with Crippen LogP contribution in [0.4, 0.5) is 11.5 Å². The minimum Gasteiger partial charge on any atom is -0.469 e. The van der Waals surface area contributed by atoms with E-state index in [-0.39, 0.29) is 11.9 Å². The molecule has 5 heteroatoms. The van der Waals surface area contributed by atoms with Gasteiger partial charge in [0.2, 0.25) is 0 Å². The van der Waals surface area contributed by atoms with Crippen molar-refractivity contribution in [2.24, 2.45) is 5.92 Å². The molecule has 5 nitrogen and oxygen atoms in total. The number of hydrogen-bond acceptors (Lipinski definition) is 5. The van der Waals surface area contributed by atoms with Crippen molar-refractivity contribution in [3.63, 3.8) is 0 Å². The summed E-state index contributed by atoms with van der Waals surface area (Å²) in [5.74, 6) is 0.336. The van der Waals surface area contributed by atoms with Crippen LogP contribution in [0.2, 0.25) is 0 Å². The summed E-state index contributed by atoms with van der Waals surface area (Å²) in [6, 6.07) is 3.72. The number of anilines is 2. The summed E-state index contributed by atoms with van der Waals surface area (Å²) in [5, 5.41) is 0. The fourth-order valence-electron chi connectivity index (χ4n) is 1.99. The number of rotatable bonds is 2. The molecular formula is C11H15N3O2. The first-order valence-electron chi connectivity index (χ1n) is 5.25. The number of carbonyl (C=O) groups is 1. The molecule has 0 spiro atoms. The van der Waals surface area contributed by atoms with Crippen molar-refractivity contribution in [1.29, 1.82) is 0 Å². The molecule has 0 radical (unpaired) electrons. The molecule has 0 aliphatic carbocycles. The number of pyridine rings is 1. The van der Waals surface area contributed by atoms with Crippen molar-refractivity contribution in [2.75, 3.05) is 30.8 Å². The number of ether oxygens (including phenoxy) is 1. The number of nitrogens with two attached hydrogens (primary N) is 1. The molecule has 1 saturated heterocycles. The summed E-state index contributed by atoms with van der Waals surface area (Å²) in [4.78, 5) is 17.4. The van der Waals surface area contributed by atoms with Crippen molar-refractivity contribution in [2.45, 2.75) is 6.42 Å². The van der Waals surface area contributed by atoms with Crippen LogP contribution in [-0.2, 0) is 9.53 Å². The minimum absolute atomic E-state index is 0.0283. The second kappa shape index (κ2) is 4.38. The Balaban J connectivity index is 2.06. The van der Waals surface area contributed by atoms with Crippen LogP contribution in [0.25, 0.3) is 0 Å². The molecule has 0 amide bonds. The Hall–Kier alpha value is -1.78. The van der Waals surface area contributed by atoms with E-state index in [4.69, 9.17) is 10.5 Å². The van der Waals surface area contributed by atoms with Gasteiger partial charge in [0.25, 0.3) is 0 Å². The third-order valence-corrected chi connectivity index (χ3v) is 2.85. The molecule has 0 saturated carbocycles. The van der Waals surface area contributed by atoms with E-state index < -0.39 is 0 Å². The van der Waals surface area contributed by atoms with E-state index in [1.807, 2.05) is 12.1 Å². The van der Waals surface area contributed by atoms with Gasteiger partial charge in [-0.05, 0) is 12.5 Å². The summed E-state index contributed by atoms with van der Waals surface area (Å²) < 4.78 is 4.74. The van der Waals surface area contributed by atoms with Crippen molar-refractivity contribution >= 4 is 17.5 Å². The molecule has 1 unspecified atom stereocenters. The number of carbonyl (C=O) groups excluding carboxylic acids is 1. The standard InChI is InChI=1S/C11H15N3O2/c1-16-11(15)8-3-5-14(7-8)9-2-4-13-10(12)6-9/h2,4,6,8H,3,5,7H2,1H3,(H2,12,13). The first-order chi connectivity index (χ1) is 7.70. The van der Waals surface area contributed by atoms with Gasteiger partial charge < -0.3 is 15.4 Å². The highest BCUT2D eigenvalue weighted by molar-refractivity contribution is 5.74. The van der Waals surface area contributed by atoms with Gasteiger partial charge in [-0.3, -0.25) is 4.79 Å². The van der Waals surface area contributed by atoms with Crippen molar-refractivity contribution in [3.05, 3.63) is 18.3 Å². The lowest BCUT2D eigenvalue weighted by atomic mass is 10.1. The fraction of sp³-hybridized carbons (Fsp3) is 0.455. The molecule has 1 aliphatic rings. The van der Waals surface area contributed by atoms with E-state index >= 15 is 0 Å². The zero-order valence-corrected chi connectivity index (χ0v) is 9.22. The third-order valence-electron chi connectivity index (χ3n) is 2.85. The molecule has 0 bridgehead atoms. The Bertz CT molecular complexity index is 395. The maximum atomic E-state index is 11.4. The van der Waals surface area contributed by atoms with Crippen LogP contribution in [0.1, 0.15) is 6.42 Å². The Kier molecular flexibility index (Phi) is 2.94. The molecule has 1 aromatic heterocycles. The highest BCUT2D eigenvalue weighted by Crippen LogP contribution is 2.24. The number of nitrogen functional groups attached to an aromatic ring is 1. The van der Waals surface area contributed by atoms with E-state index in [2.05, 4.69) is 9.88 Å². The van der Waals surface area contributed by atoms with E-state index in [0.717, 1.165) is 18.7 Å². The Labute approximate surface area is 94.2 Å². The zero-order valence-electron chi connectivity index (χ0n) is 9.22. The normalized spacial score (nSPS) is 19.8. The smallest absolute Gasteiger partial charge is 0.310 e. The van der Waals surface area contributed by atoms with Crippen molar-refractivity contribution in [1.82, 2.24) is 4.98 Å². The molecule has 2 N–H and O–H groups in total. The van der Waals surface area contributed by atoms with Gasteiger partial charge in [0.1, 0.15) is 5.82 Å². The van der Waals surface area contributed by atoms with Gasteiger partial charge in [0.15, 0.2) is 0 Å². The lowest BCUT2D eigenvalue weighted by Gasteiger charge is -2.18. The largest absolute Gasteiger partial charge is 0.469 e. The summed E-state index contributed by atoms with van der Waals surface area (Å²) in [6.07, 6.45) is 2.50. The van der Waals surface area contributed by atoms with Gasteiger partial charge in [-0.25, -0.2) is 4.98 Å². The average molecular weight is 221 g/mol. The molecule has 86 valence electrons. The summed E-state index contributed by atoms with van der Waals surface area (Å²) in [5.41, 5.74) is 6.63. The SMILES string of the molecule is COC(=O)C1CCN(c2ccnc(N)c2)C1. The second-order valence-corrected chi connectivity index (χ2v) is 3.89. The van der Waals surface area contributed by atoms with Crippen LogP contribution in [0.5, 0.6) is 0 Å². The molecule has 0 aromatic carbocycles. The highest BCUT2D eigenvalue weighted by Gasteiger charge is 2.29. The highest BCUT2D eigenvalue weighted by atomic mass is 16.5. The number of nitrogens with zero attached hydrogens (tertiary/aromatic N) is 2. The molecule has 16 heavy (non-hydrogen) atoms. The van der Waals surface area contributed by atoms with Crippen molar-refractivity contribution < 1.29 is 9.53 Å². The molecule has 1 fully saturated rings. The van der Waals surface area contributed by atoms with Gasteiger partial charge in [-0.15, -0.1) is 0 Å². The lowest BCUT2D eigenvalue weighted by molar-refractivity contribution is -0.144. The average Bonchev–Trinajstić information content (AvgIpc) is 2.77. The molecule has 1 aliphatic heterocycles. The second-order valence-electron chi connectivity index (χ2n) is 3.89. The summed E-state index contributed by atoms with van der Waals surface area (Å²) in [7, 11) is 1.43. The van der Waals surface area contributed by atoms with Crippen LogP contribution >= 0.6 is 0 Å². The van der Waals surface area contributed by atoms with Gasteiger partial charge in [-0.2, -0.15) is 0 Å². The number of aromatic nitrogens is 1. The Morgan fingerprint density at radius 1 is 1.69 bits per heavy atom. The number of esters is 1. The zero-order chi connectivity index (χ0) is 11.5. The topological polar surface area (TPSA) is 68.5 Å². The third kappa shape index (κ3) is 2.08. The maximum Gasteiger partial charge on any atom is 0.310 e. The molecule has 2 heterocycles. The maximum absolute atomic E-state index is 11.4. The van der Waals surface area contributed by atoms with Gasteiger partial charge in [0, 0.05) is 31.0 Å². The van der Waals surface area contributed by atoms with Crippen LogP contribution in [0.3, 0.4) is 0 Å². The molecular weight excluding hydrogens is 206 g/mol. The first kappa shape index (κ1) is 10.7. The lowest BCUT2D eigenvalue weighted by Crippen LogP contribution is -2.23. The summed E-state index contributed by atoms with van der Waals surface area (Å²) in [6.45, 7) is 1.54. The quantitative estimate of drug-likeness (QED) is 0.743. The van der Waals surface area contributed by atoms with Crippen LogP contribution < -0.4 is 10.6 Å². The van der Waals surface area contributed by atoms with Gasteiger partial charge in [-0.1, -0.05) is 0 Å². The van der Waals surface area contributed by atoms with E-state index in [1.165, 1.54) is 7.11 Å². The molecule has 1 aromatic rings. The molecule has 2 rings (SSSR count). The fourth-order valence-corrected chi connectivity index (χ4v) is 1.99. The summed E-state index contributed by atoms with van der Waals surface area (Å²) >= 11 is 0. The molecule has 1 atom stereocenters. The predicted molar refractivity (Wildman–Crippen MR) is 61.0 cm³/mol. The van der Waals surface area contributed by atoms with E-state index in [1.54, 1.807) is 6.20 Å². The van der Waals surface area contributed by atoms with E-state index in [0.29, 0.717) is 12.4 Å². The number of methoxy groups -OCH3 is 1. The Morgan fingerprint density at radius 3 is 3.19 bits per heavy atom. The predicted octanol–water partition coefficient (Wildman–Crippen LogP) is 0.663. The van der Waals surface area contributed by atoms with Crippen molar-refractivity contribution in [3.8, 4) is 0 Å². The van der Waals surface area contributed by atoms with Gasteiger partial charge >= 0.3 is 5.97 Å². The Morgan fingerprint density at radius 2 is 2.50 bits per heavy atom. The first-order valence-corrected chi connectivity index (χ1v) is 5.25. The number of hydrogen-bond donors (Lipinski definition) is 1. The van der Waals surface area contributed by atoms with E-state index in [9.17, 15) is 4.79 Å².